The Kier molecular flexibility index (Phi) is 4.93. The van der Waals surface area contributed by atoms with E-state index in [9.17, 15) is 4.79 Å². The van der Waals surface area contributed by atoms with E-state index >= 15 is 0 Å². The van der Waals surface area contributed by atoms with Crippen molar-refractivity contribution in [3.63, 3.8) is 0 Å². The highest BCUT2D eigenvalue weighted by atomic mass is 32.1. The largest absolute Gasteiger partial charge is 0.355 e. The number of aromatic nitrogens is 1. The van der Waals surface area contributed by atoms with Crippen LogP contribution in [0.5, 0.6) is 0 Å². The fourth-order valence-corrected chi connectivity index (χ4v) is 3.34. The van der Waals surface area contributed by atoms with Gasteiger partial charge >= 0.3 is 0 Å². The van der Waals surface area contributed by atoms with Crippen molar-refractivity contribution in [1.29, 1.82) is 0 Å². The van der Waals surface area contributed by atoms with Gasteiger partial charge in [0.05, 0.1) is 10.4 Å². The van der Waals surface area contributed by atoms with E-state index in [0.717, 1.165) is 37.4 Å². The van der Waals surface area contributed by atoms with Crippen LogP contribution in [0.3, 0.4) is 0 Å². The molecular formula is C14H23N3OS. The highest BCUT2D eigenvalue weighted by Crippen LogP contribution is 2.32. The number of hydrogen-bond acceptors (Lipinski definition) is 4. The molecule has 5 heteroatoms. The quantitative estimate of drug-likeness (QED) is 0.869. The van der Waals surface area contributed by atoms with Crippen LogP contribution in [0.25, 0.3) is 0 Å². The van der Waals surface area contributed by atoms with E-state index in [1.54, 1.807) is 11.3 Å². The van der Waals surface area contributed by atoms with Crippen molar-refractivity contribution < 1.29 is 4.79 Å². The van der Waals surface area contributed by atoms with Crippen LogP contribution >= 0.6 is 11.3 Å². The lowest BCUT2D eigenvalue weighted by atomic mass is 9.76. The third kappa shape index (κ3) is 3.34. The molecule has 0 radical (unpaired) electrons. The van der Waals surface area contributed by atoms with Gasteiger partial charge in [0, 0.05) is 24.0 Å². The maximum absolute atomic E-state index is 12.5. The van der Waals surface area contributed by atoms with Crippen molar-refractivity contribution in [2.75, 3.05) is 19.6 Å². The Labute approximate surface area is 119 Å². The maximum Gasteiger partial charge on any atom is 0.226 e. The fraction of sp³-hybridized carbons (Fsp3) is 0.714. The van der Waals surface area contributed by atoms with Crippen molar-refractivity contribution in [2.45, 2.75) is 39.0 Å². The van der Waals surface area contributed by atoms with Crippen molar-refractivity contribution in [2.24, 2.45) is 5.41 Å². The molecule has 2 heterocycles. The molecule has 1 aliphatic heterocycles. The van der Waals surface area contributed by atoms with Crippen molar-refractivity contribution in [3.05, 3.63) is 16.6 Å². The number of nitrogens with zero attached hydrogens (tertiary/aromatic N) is 1. The molecule has 1 atom stereocenters. The van der Waals surface area contributed by atoms with Gasteiger partial charge in [0.25, 0.3) is 0 Å². The molecule has 1 aliphatic rings. The van der Waals surface area contributed by atoms with Gasteiger partial charge in [-0.05, 0) is 32.4 Å². The molecule has 1 aromatic rings. The zero-order chi connectivity index (χ0) is 13.7. The Morgan fingerprint density at radius 1 is 1.58 bits per heavy atom. The first kappa shape index (κ1) is 14.5. The summed E-state index contributed by atoms with van der Waals surface area (Å²) < 4.78 is 0. The summed E-state index contributed by atoms with van der Waals surface area (Å²) in [6.45, 7) is 6.81. The van der Waals surface area contributed by atoms with E-state index in [4.69, 9.17) is 0 Å². The molecule has 1 fully saturated rings. The molecule has 1 saturated heterocycles. The molecule has 0 spiro atoms. The van der Waals surface area contributed by atoms with Crippen molar-refractivity contribution in [3.8, 4) is 0 Å². The van der Waals surface area contributed by atoms with Crippen molar-refractivity contribution >= 4 is 17.2 Å². The van der Waals surface area contributed by atoms with E-state index < -0.39 is 0 Å². The third-order valence-corrected chi connectivity index (χ3v) is 5.17. The lowest BCUT2D eigenvalue weighted by molar-refractivity contribution is -0.132. The first-order valence-corrected chi connectivity index (χ1v) is 7.94. The first-order chi connectivity index (χ1) is 9.18. The van der Waals surface area contributed by atoms with Gasteiger partial charge in [-0.15, -0.1) is 11.3 Å². The number of thiazole rings is 1. The second kappa shape index (κ2) is 6.48. The fourth-order valence-electron chi connectivity index (χ4n) is 2.64. The van der Waals surface area contributed by atoms with Gasteiger partial charge in [-0.25, -0.2) is 4.98 Å². The predicted molar refractivity (Wildman–Crippen MR) is 78.4 cm³/mol. The lowest BCUT2D eigenvalue weighted by Gasteiger charge is -2.35. The van der Waals surface area contributed by atoms with Crippen LogP contribution in [0.4, 0.5) is 0 Å². The van der Waals surface area contributed by atoms with E-state index in [1.165, 1.54) is 0 Å². The van der Waals surface area contributed by atoms with Crippen LogP contribution in [0.2, 0.25) is 0 Å². The molecule has 0 saturated carbocycles. The average molecular weight is 281 g/mol. The van der Waals surface area contributed by atoms with Crippen LogP contribution in [0.15, 0.2) is 11.6 Å². The molecule has 1 unspecified atom stereocenters. The standard InChI is InChI=1S/C14H23N3OS/c1-3-14(4-6-15-7-5-14)13(18)17-10-11(2)12-16-8-9-19-12/h8-9,11,15H,3-7,10H2,1-2H3,(H,17,18). The Morgan fingerprint density at radius 3 is 2.89 bits per heavy atom. The van der Waals surface area contributed by atoms with E-state index in [0.29, 0.717) is 12.5 Å². The number of nitrogens with one attached hydrogen (secondary N) is 2. The summed E-state index contributed by atoms with van der Waals surface area (Å²) in [7, 11) is 0. The van der Waals surface area contributed by atoms with Crippen molar-refractivity contribution in [1.82, 2.24) is 15.6 Å². The Balaban J connectivity index is 1.89. The number of piperidine rings is 1. The Hall–Kier alpha value is -0.940. The SMILES string of the molecule is CCC1(C(=O)NCC(C)c2nccs2)CCNCC1. The van der Waals surface area contributed by atoms with Gasteiger partial charge in [0.2, 0.25) is 5.91 Å². The number of amides is 1. The molecule has 1 aromatic heterocycles. The summed E-state index contributed by atoms with van der Waals surface area (Å²) >= 11 is 1.65. The molecule has 106 valence electrons. The van der Waals surface area contributed by atoms with Gasteiger partial charge in [-0.2, -0.15) is 0 Å². The minimum Gasteiger partial charge on any atom is -0.355 e. The second-order valence-corrected chi connectivity index (χ2v) is 6.29. The second-order valence-electron chi connectivity index (χ2n) is 5.37. The summed E-state index contributed by atoms with van der Waals surface area (Å²) in [6.07, 6.45) is 4.63. The van der Waals surface area contributed by atoms with Gasteiger partial charge < -0.3 is 10.6 Å². The predicted octanol–water partition coefficient (Wildman–Crippen LogP) is 2.14. The molecular weight excluding hydrogens is 258 g/mol. The number of hydrogen-bond donors (Lipinski definition) is 2. The lowest BCUT2D eigenvalue weighted by Crippen LogP contribution is -2.48. The van der Waals surface area contributed by atoms with Crippen LogP contribution < -0.4 is 10.6 Å². The highest BCUT2D eigenvalue weighted by molar-refractivity contribution is 7.09. The molecule has 0 aromatic carbocycles. The minimum absolute atomic E-state index is 0.159. The Bertz CT molecular complexity index is 399. The zero-order valence-electron chi connectivity index (χ0n) is 11.7. The molecule has 0 bridgehead atoms. The molecule has 19 heavy (non-hydrogen) atoms. The van der Waals surface area contributed by atoms with Gasteiger partial charge in [0.15, 0.2) is 0 Å². The van der Waals surface area contributed by atoms with Crippen LogP contribution in [-0.4, -0.2) is 30.5 Å². The monoisotopic (exact) mass is 281 g/mol. The molecule has 2 rings (SSSR count). The molecule has 4 nitrogen and oxygen atoms in total. The normalized spacial score (nSPS) is 19.9. The summed E-state index contributed by atoms with van der Waals surface area (Å²) in [5.74, 6) is 0.513. The summed E-state index contributed by atoms with van der Waals surface area (Å²) in [4.78, 5) is 16.8. The van der Waals surface area contributed by atoms with E-state index in [1.807, 2.05) is 11.6 Å². The smallest absolute Gasteiger partial charge is 0.226 e. The minimum atomic E-state index is -0.159. The number of carbonyl (C=O) groups excluding carboxylic acids is 1. The molecule has 2 N–H and O–H groups in total. The molecule has 0 aliphatic carbocycles. The Morgan fingerprint density at radius 2 is 2.32 bits per heavy atom. The third-order valence-electron chi connectivity index (χ3n) is 4.16. The van der Waals surface area contributed by atoms with E-state index in [-0.39, 0.29) is 11.3 Å². The van der Waals surface area contributed by atoms with Gasteiger partial charge in [-0.3, -0.25) is 4.79 Å². The zero-order valence-corrected chi connectivity index (χ0v) is 12.6. The summed E-state index contributed by atoms with van der Waals surface area (Å²) in [6, 6.07) is 0. The maximum atomic E-state index is 12.5. The van der Waals surface area contributed by atoms with Crippen LogP contribution in [0.1, 0.15) is 44.0 Å². The topological polar surface area (TPSA) is 54.0 Å². The molecule has 1 amide bonds. The van der Waals surface area contributed by atoms with Gasteiger partial charge in [0.1, 0.15) is 0 Å². The highest BCUT2D eigenvalue weighted by Gasteiger charge is 2.37. The summed E-state index contributed by atoms with van der Waals surface area (Å²) in [5.41, 5.74) is -0.159. The van der Waals surface area contributed by atoms with E-state index in [2.05, 4.69) is 29.5 Å². The van der Waals surface area contributed by atoms with Crippen LogP contribution in [0, 0.1) is 5.41 Å². The van der Waals surface area contributed by atoms with Crippen LogP contribution in [-0.2, 0) is 4.79 Å². The number of carbonyl (C=O) groups is 1. The average Bonchev–Trinajstić information content (AvgIpc) is 2.99. The van der Waals surface area contributed by atoms with Gasteiger partial charge in [-0.1, -0.05) is 13.8 Å². The number of rotatable bonds is 5. The summed E-state index contributed by atoms with van der Waals surface area (Å²) in [5, 5.41) is 9.53. The first-order valence-electron chi connectivity index (χ1n) is 7.06.